The molecule has 0 aliphatic rings. The van der Waals surface area contributed by atoms with Gasteiger partial charge in [0.05, 0.1) is 13.2 Å². The molecular formula is C9H18F2N2O. The molecule has 0 unspecified atom stereocenters. The van der Waals surface area contributed by atoms with E-state index in [0.717, 1.165) is 5.57 Å². The van der Waals surface area contributed by atoms with Gasteiger partial charge in [0, 0.05) is 19.6 Å². The highest BCUT2D eigenvalue weighted by Gasteiger charge is 2.11. The summed E-state index contributed by atoms with van der Waals surface area (Å²) < 4.78 is 24.2. The third kappa shape index (κ3) is 6.94. The van der Waals surface area contributed by atoms with E-state index in [9.17, 15) is 8.78 Å². The maximum atomic E-state index is 12.1. The molecule has 0 aromatic rings. The number of rotatable bonds is 8. The van der Waals surface area contributed by atoms with Crippen molar-refractivity contribution in [3.8, 4) is 0 Å². The lowest BCUT2D eigenvalue weighted by molar-refractivity contribution is 0.0830. The van der Waals surface area contributed by atoms with Crippen LogP contribution in [0.3, 0.4) is 0 Å². The molecule has 0 atom stereocenters. The molecule has 0 aliphatic heterocycles. The molecule has 0 aromatic heterocycles. The van der Waals surface area contributed by atoms with Crippen LogP contribution in [0.15, 0.2) is 12.2 Å². The van der Waals surface area contributed by atoms with Gasteiger partial charge in [0.15, 0.2) is 0 Å². The Morgan fingerprint density at radius 3 is 2.64 bits per heavy atom. The van der Waals surface area contributed by atoms with Crippen LogP contribution in [0.4, 0.5) is 8.78 Å². The first-order valence-corrected chi connectivity index (χ1v) is 4.52. The van der Waals surface area contributed by atoms with Gasteiger partial charge in [0.2, 0.25) is 0 Å². The van der Waals surface area contributed by atoms with Crippen LogP contribution < -0.4 is 5.32 Å². The van der Waals surface area contributed by atoms with E-state index in [1.165, 1.54) is 4.90 Å². The second-order valence-electron chi connectivity index (χ2n) is 3.13. The van der Waals surface area contributed by atoms with Crippen molar-refractivity contribution in [2.45, 2.75) is 6.43 Å². The van der Waals surface area contributed by atoms with Crippen molar-refractivity contribution in [2.24, 2.45) is 0 Å². The smallest absolute Gasteiger partial charge is 0.251 e. The highest BCUT2D eigenvalue weighted by molar-refractivity contribution is 4.99. The summed E-state index contributed by atoms with van der Waals surface area (Å²) in [4.78, 5) is 1.49. The van der Waals surface area contributed by atoms with Gasteiger partial charge in [-0.2, -0.15) is 0 Å². The molecule has 14 heavy (non-hydrogen) atoms. The number of aliphatic hydroxyl groups is 1. The van der Waals surface area contributed by atoms with Crippen molar-refractivity contribution >= 4 is 0 Å². The lowest BCUT2D eigenvalue weighted by Crippen LogP contribution is -2.34. The topological polar surface area (TPSA) is 35.5 Å². The van der Waals surface area contributed by atoms with Crippen LogP contribution in [0.5, 0.6) is 0 Å². The fraction of sp³-hybridized carbons (Fsp3) is 0.778. The molecule has 0 fully saturated rings. The zero-order valence-electron chi connectivity index (χ0n) is 8.47. The Bertz CT molecular complexity index is 165. The van der Waals surface area contributed by atoms with Crippen LogP contribution in [0.2, 0.25) is 0 Å². The predicted molar refractivity (Wildman–Crippen MR) is 52.6 cm³/mol. The zero-order chi connectivity index (χ0) is 11.0. The van der Waals surface area contributed by atoms with E-state index in [-0.39, 0.29) is 19.7 Å². The molecule has 0 rings (SSSR count). The minimum atomic E-state index is -2.37. The normalized spacial score (nSPS) is 11.3. The first-order chi connectivity index (χ1) is 6.60. The summed E-state index contributed by atoms with van der Waals surface area (Å²) in [5.74, 6) is 0. The lowest BCUT2D eigenvalue weighted by Gasteiger charge is -2.21. The van der Waals surface area contributed by atoms with E-state index in [4.69, 9.17) is 5.11 Å². The molecule has 0 spiro atoms. The van der Waals surface area contributed by atoms with Gasteiger partial charge in [-0.1, -0.05) is 6.58 Å². The number of hydrogen-bond acceptors (Lipinski definition) is 3. The van der Waals surface area contributed by atoms with E-state index < -0.39 is 6.43 Å². The first kappa shape index (κ1) is 13.5. The highest BCUT2D eigenvalue weighted by Crippen LogP contribution is 2.01. The maximum absolute atomic E-state index is 12.1. The number of halogens is 2. The van der Waals surface area contributed by atoms with E-state index in [2.05, 4.69) is 11.9 Å². The number of alkyl halides is 2. The Kier molecular flexibility index (Phi) is 7.55. The molecule has 0 saturated heterocycles. The lowest BCUT2D eigenvalue weighted by atomic mass is 10.2. The zero-order valence-corrected chi connectivity index (χ0v) is 8.47. The third-order valence-corrected chi connectivity index (χ3v) is 1.69. The summed E-state index contributed by atoms with van der Waals surface area (Å²) in [5, 5.41) is 11.6. The first-order valence-electron chi connectivity index (χ1n) is 4.52. The Morgan fingerprint density at radius 1 is 1.57 bits per heavy atom. The fourth-order valence-electron chi connectivity index (χ4n) is 1.19. The van der Waals surface area contributed by atoms with Crippen LogP contribution in [-0.2, 0) is 0 Å². The minimum Gasteiger partial charge on any atom is -0.395 e. The Balaban J connectivity index is 3.88. The van der Waals surface area contributed by atoms with Gasteiger partial charge in [-0.25, -0.2) is 8.78 Å². The molecule has 0 bridgehead atoms. The minimum absolute atomic E-state index is 0.112. The van der Waals surface area contributed by atoms with Crippen molar-refractivity contribution in [1.82, 2.24) is 10.2 Å². The van der Waals surface area contributed by atoms with E-state index in [1.54, 1.807) is 7.05 Å². The molecule has 0 aromatic carbocycles. The van der Waals surface area contributed by atoms with E-state index in [0.29, 0.717) is 13.1 Å². The molecule has 2 N–H and O–H groups in total. The molecule has 5 heteroatoms. The van der Waals surface area contributed by atoms with Crippen molar-refractivity contribution in [3.63, 3.8) is 0 Å². The maximum Gasteiger partial charge on any atom is 0.251 e. The number of nitrogens with one attached hydrogen (secondary N) is 1. The summed E-state index contributed by atoms with van der Waals surface area (Å²) in [6.07, 6.45) is -2.37. The fourth-order valence-corrected chi connectivity index (χ4v) is 1.19. The second-order valence-corrected chi connectivity index (χ2v) is 3.13. The van der Waals surface area contributed by atoms with Gasteiger partial charge < -0.3 is 10.4 Å². The molecule has 0 amide bonds. The Hall–Kier alpha value is -0.520. The quantitative estimate of drug-likeness (QED) is 0.564. The Morgan fingerprint density at radius 2 is 2.21 bits per heavy atom. The monoisotopic (exact) mass is 208 g/mol. The molecule has 3 nitrogen and oxygen atoms in total. The van der Waals surface area contributed by atoms with E-state index >= 15 is 0 Å². The van der Waals surface area contributed by atoms with Gasteiger partial charge in [-0.3, -0.25) is 4.90 Å². The summed E-state index contributed by atoms with van der Waals surface area (Å²) in [5.41, 5.74) is 0.835. The van der Waals surface area contributed by atoms with Crippen molar-refractivity contribution in [1.29, 1.82) is 0 Å². The molecule has 84 valence electrons. The summed E-state index contributed by atoms with van der Waals surface area (Å²) in [6, 6.07) is 0. The molecule has 0 heterocycles. The summed E-state index contributed by atoms with van der Waals surface area (Å²) in [6.45, 7) is 4.57. The average molecular weight is 208 g/mol. The van der Waals surface area contributed by atoms with Gasteiger partial charge in [0.1, 0.15) is 0 Å². The highest BCUT2D eigenvalue weighted by atomic mass is 19.3. The van der Waals surface area contributed by atoms with Crippen LogP contribution in [0.25, 0.3) is 0 Å². The third-order valence-electron chi connectivity index (χ3n) is 1.69. The molecule has 0 radical (unpaired) electrons. The predicted octanol–water partition coefficient (Wildman–Crippen LogP) is 0.321. The number of aliphatic hydroxyl groups excluding tert-OH is 1. The van der Waals surface area contributed by atoms with Gasteiger partial charge in [0.25, 0.3) is 6.43 Å². The number of likely N-dealkylation sites (N-methyl/N-ethyl adjacent to an activating group) is 1. The Labute approximate surface area is 83.4 Å². The van der Waals surface area contributed by atoms with Crippen molar-refractivity contribution in [3.05, 3.63) is 12.2 Å². The van der Waals surface area contributed by atoms with Crippen molar-refractivity contribution < 1.29 is 13.9 Å². The summed E-state index contributed by atoms with van der Waals surface area (Å²) in [7, 11) is 1.77. The van der Waals surface area contributed by atoms with Crippen LogP contribution in [-0.4, -0.2) is 56.3 Å². The summed E-state index contributed by atoms with van der Waals surface area (Å²) >= 11 is 0. The van der Waals surface area contributed by atoms with Crippen LogP contribution in [0.1, 0.15) is 0 Å². The van der Waals surface area contributed by atoms with Crippen LogP contribution in [0, 0.1) is 0 Å². The number of hydrogen-bond donors (Lipinski definition) is 2. The molecule has 0 saturated carbocycles. The average Bonchev–Trinajstić information content (AvgIpc) is 2.03. The van der Waals surface area contributed by atoms with Crippen LogP contribution >= 0.6 is 0 Å². The van der Waals surface area contributed by atoms with Crippen molar-refractivity contribution in [2.75, 3.05) is 39.8 Å². The molecule has 0 aliphatic carbocycles. The second kappa shape index (κ2) is 7.84. The van der Waals surface area contributed by atoms with E-state index in [1.807, 2.05) is 0 Å². The molecular weight excluding hydrogens is 190 g/mol. The SMILES string of the molecule is C=C(CNC)CN(CCO)CC(F)F. The van der Waals surface area contributed by atoms with Gasteiger partial charge in [-0.05, 0) is 12.6 Å². The van der Waals surface area contributed by atoms with Gasteiger partial charge >= 0.3 is 0 Å². The largest absolute Gasteiger partial charge is 0.395 e. The van der Waals surface area contributed by atoms with Gasteiger partial charge in [-0.15, -0.1) is 0 Å². The number of nitrogens with zero attached hydrogens (tertiary/aromatic N) is 1. The standard InChI is InChI=1S/C9H18F2N2O/c1-8(5-12-2)6-13(3-4-14)7-9(10)11/h9,12,14H,1,3-7H2,2H3.